The van der Waals surface area contributed by atoms with E-state index < -0.39 is 0 Å². The molecule has 3 unspecified atom stereocenters. The van der Waals surface area contributed by atoms with E-state index in [0.717, 1.165) is 51.9 Å². The number of carbonyl (C=O) groups is 1. The molecule has 118 valence electrons. The molecule has 20 heavy (non-hydrogen) atoms. The summed E-state index contributed by atoms with van der Waals surface area (Å²) < 4.78 is 0. The van der Waals surface area contributed by atoms with Crippen molar-refractivity contribution in [2.45, 2.75) is 65.5 Å². The Morgan fingerprint density at radius 3 is 2.60 bits per heavy atom. The molecule has 0 aromatic carbocycles. The van der Waals surface area contributed by atoms with Crippen LogP contribution in [0.5, 0.6) is 0 Å². The molecule has 1 aliphatic rings. The fraction of sp³-hybridized carbons (Fsp3) is 0.938. The molecule has 1 saturated heterocycles. The van der Waals surface area contributed by atoms with Crippen LogP contribution in [-0.4, -0.2) is 49.1 Å². The van der Waals surface area contributed by atoms with Gasteiger partial charge in [0.05, 0.1) is 5.92 Å². The fourth-order valence-electron chi connectivity index (χ4n) is 2.82. The zero-order chi connectivity index (χ0) is 15.0. The van der Waals surface area contributed by atoms with Crippen LogP contribution in [0.3, 0.4) is 0 Å². The molecule has 1 fully saturated rings. The van der Waals surface area contributed by atoms with Crippen LogP contribution >= 0.6 is 0 Å². The Bertz CT molecular complexity index is 271. The Balaban J connectivity index is 2.18. The van der Waals surface area contributed by atoms with E-state index in [1.165, 1.54) is 0 Å². The number of hydrogen-bond acceptors (Lipinski definition) is 3. The average Bonchev–Trinajstić information content (AvgIpc) is 2.44. The van der Waals surface area contributed by atoms with Crippen LogP contribution in [-0.2, 0) is 4.79 Å². The number of hydrogen-bond donors (Lipinski definition) is 2. The monoisotopic (exact) mass is 283 g/mol. The van der Waals surface area contributed by atoms with E-state index in [0.29, 0.717) is 6.04 Å². The van der Waals surface area contributed by atoms with Crippen LogP contribution in [0.15, 0.2) is 0 Å². The van der Waals surface area contributed by atoms with Crippen LogP contribution in [0.4, 0.5) is 0 Å². The molecule has 1 amide bonds. The predicted octanol–water partition coefficient (Wildman–Crippen LogP) is 2.00. The van der Waals surface area contributed by atoms with Crippen LogP contribution in [0.25, 0.3) is 0 Å². The highest BCUT2D eigenvalue weighted by Crippen LogP contribution is 2.14. The fourth-order valence-corrected chi connectivity index (χ4v) is 2.82. The first kappa shape index (κ1) is 17.4. The largest absolute Gasteiger partial charge is 0.353 e. The van der Waals surface area contributed by atoms with Gasteiger partial charge in [-0.05, 0) is 59.2 Å². The Hall–Kier alpha value is -0.610. The molecule has 0 aromatic heterocycles. The van der Waals surface area contributed by atoms with E-state index in [-0.39, 0.29) is 17.9 Å². The van der Waals surface area contributed by atoms with Gasteiger partial charge >= 0.3 is 0 Å². The Morgan fingerprint density at radius 1 is 1.35 bits per heavy atom. The van der Waals surface area contributed by atoms with Crippen molar-refractivity contribution in [2.75, 3.05) is 26.2 Å². The number of carbonyl (C=O) groups excluding carboxylic acids is 1. The maximum absolute atomic E-state index is 12.2. The summed E-state index contributed by atoms with van der Waals surface area (Å²) in [6.45, 7) is 12.9. The van der Waals surface area contributed by atoms with Gasteiger partial charge in [0.15, 0.2) is 0 Å². The van der Waals surface area contributed by atoms with Crippen molar-refractivity contribution in [3.63, 3.8) is 0 Å². The summed E-state index contributed by atoms with van der Waals surface area (Å²) in [5, 5.41) is 6.57. The summed E-state index contributed by atoms with van der Waals surface area (Å²) in [6, 6.07) is 0.850. The molecule has 4 heteroatoms. The average molecular weight is 283 g/mol. The molecule has 1 aliphatic heterocycles. The first-order valence-electron chi connectivity index (χ1n) is 8.32. The summed E-state index contributed by atoms with van der Waals surface area (Å²) in [5.74, 6) is 0.399. The second-order valence-corrected chi connectivity index (χ2v) is 6.16. The first-order valence-corrected chi connectivity index (χ1v) is 8.32. The van der Waals surface area contributed by atoms with E-state index in [1.54, 1.807) is 0 Å². The zero-order valence-electron chi connectivity index (χ0n) is 13.7. The van der Waals surface area contributed by atoms with Gasteiger partial charge in [0.2, 0.25) is 5.91 Å². The van der Waals surface area contributed by atoms with E-state index >= 15 is 0 Å². The number of rotatable bonds is 8. The molecular formula is C16H33N3O. The minimum absolute atomic E-state index is 0.163. The number of piperidine rings is 1. The van der Waals surface area contributed by atoms with Crippen molar-refractivity contribution in [2.24, 2.45) is 5.92 Å². The SMILES string of the molecule is CCN(CC)CCCC(C)NC(=O)C1CCC(C)NC1. The standard InChI is InChI=1S/C16H33N3O/c1-5-19(6-2)11-7-8-14(4)18-16(20)15-10-9-13(3)17-12-15/h13-15,17H,5-12H2,1-4H3,(H,18,20). The lowest BCUT2D eigenvalue weighted by atomic mass is 9.94. The van der Waals surface area contributed by atoms with Crippen molar-refractivity contribution in [1.82, 2.24) is 15.5 Å². The summed E-state index contributed by atoms with van der Waals surface area (Å²) >= 11 is 0. The summed E-state index contributed by atoms with van der Waals surface area (Å²) in [7, 11) is 0. The second-order valence-electron chi connectivity index (χ2n) is 6.16. The minimum Gasteiger partial charge on any atom is -0.353 e. The quantitative estimate of drug-likeness (QED) is 0.716. The van der Waals surface area contributed by atoms with Crippen molar-refractivity contribution >= 4 is 5.91 Å². The molecule has 0 spiro atoms. The topological polar surface area (TPSA) is 44.4 Å². The molecule has 0 bridgehead atoms. The maximum Gasteiger partial charge on any atom is 0.224 e. The Kier molecular flexibility index (Phi) is 8.15. The first-order chi connectivity index (χ1) is 9.56. The molecule has 2 N–H and O–H groups in total. The lowest BCUT2D eigenvalue weighted by Crippen LogP contribution is -2.46. The second kappa shape index (κ2) is 9.35. The van der Waals surface area contributed by atoms with Gasteiger partial charge in [-0.2, -0.15) is 0 Å². The van der Waals surface area contributed by atoms with E-state index in [2.05, 4.69) is 43.2 Å². The zero-order valence-corrected chi connectivity index (χ0v) is 13.7. The highest BCUT2D eigenvalue weighted by atomic mass is 16.1. The normalized spacial score (nSPS) is 24.6. The molecule has 0 radical (unpaired) electrons. The lowest BCUT2D eigenvalue weighted by Gasteiger charge is -2.28. The van der Waals surface area contributed by atoms with Crippen molar-refractivity contribution in [1.29, 1.82) is 0 Å². The van der Waals surface area contributed by atoms with Gasteiger partial charge < -0.3 is 15.5 Å². The van der Waals surface area contributed by atoms with Crippen LogP contribution in [0.1, 0.15) is 53.4 Å². The molecule has 3 atom stereocenters. The smallest absolute Gasteiger partial charge is 0.224 e. The van der Waals surface area contributed by atoms with Gasteiger partial charge in [-0.3, -0.25) is 4.79 Å². The third kappa shape index (κ3) is 6.23. The van der Waals surface area contributed by atoms with Crippen molar-refractivity contribution < 1.29 is 4.79 Å². The molecule has 1 heterocycles. The van der Waals surface area contributed by atoms with Gasteiger partial charge in [0, 0.05) is 18.6 Å². The van der Waals surface area contributed by atoms with Crippen molar-refractivity contribution in [3.8, 4) is 0 Å². The summed E-state index contributed by atoms with van der Waals surface area (Å²) in [6.07, 6.45) is 4.35. The van der Waals surface area contributed by atoms with Crippen LogP contribution < -0.4 is 10.6 Å². The molecule has 0 aromatic rings. The van der Waals surface area contributed by atoms with Crippen LogP contribution in [0.2, 0.25) is 0 Å². The van der Waals surface area contributed by atoms with Crippen molar-refractivity contribution in [3.05, 3.63) is 0 Å². The molecule has 4 nitrogen and oxygen atoms in total. The maximum atomic E-state index is 12.2. The van der Waals surface area contributed by atoms with Gasteiger partial charge in [-0.25, -0.2) is 0 Å². The molecule has 1 rings (SSSR count). The van der Waals surface area contributed by atoms with Gasteiger partial charge in [-0.15, -0.1) is 0 Å². The van der Waals surface area contributed by atoms with Gasteiger partial charge in [0.25, 0.3) is 0 Å². The molecular weight excluding hydrogens is 250 g/mol. The van der Waals surface area contributed by atoms with E-state index in [9.17, 15) is 4.79 Å². The van der Waals surface area contributed by atoms with E-state index in [1.807, 2.05) is 0 Å². The highest BCUT2D eigenvalue weighted by molar-refractivity contribution is 5.79. The number of nitrogens with one attached hydrogen (secondary N) is 2. The Labute approximate surface area is 124 Å². The third-order valence-electron chi connectivity index (χ3n) is 4.43. The minimum atomic E-state index is 0.163. The van der Waals surface area contributed by atoms with Gasteiger partial charge in [0.1, 0.15) is 0 Å². The summed E-state index contributed by atoms with van der Waals surface area (Å²) in [5.41, 5.74) is 0. The van der Waals surface area contributed by atoms with E-state index in [4.69, 9.17) is 0 Å². The van der Waals surface area contributed by atoms with Gasteiger partial charge in [-0.1, -0.05) is 13.8 Å². The lowest BCUT2D eigenvalue weighted by molar-refractivity contribution is -0.126. The molecule has 0 aliphatic carbocycles. The number of amides is 1. The highest BCUT2D eigenvalue weighted by Gasteiger charge is 2.24. The molecule has 0 saturated carbocycles. The third-order valence-corrected chi connectivity index (χ3v) is 4.43. The Morgan fingerprint density at radius 2 is 2.05 bits per heavy atom. The van der Waals surface area contributed by atoms with Crippen LogP contribution in [0, 0.1) is 5.92 Å². The summed E-state index contributed by atoms with van der Waals surface area (Å²) in [4.78, 5) is 14.6. The number of nitrogens with zero attached hydrogens (tertiary/aromatic N) is 1. The predicted molar refractivity (Wildman–Crippen MR) is 84.8 cm³/mol.